The molecule has 3 saturated carbocycles. The lowest BCUT2D eigenvalue weighted by molar-refractivity contribution is -0.229. The van der Waals surface area contributed by atoms with E-state index in [0.717, 1.165) is 6.08 Å². The number of aliphatic carboxylic acids is 1. The van der Waals surface area contributed by atoms with Gasteiger partial charge in [-0.1, -0.05) is 19.9 Å². The maximum Gasteiger partial charge on any atom is 0.349 e. The molecule has 0 bridgehead atoms. The predicted molar refractivity (Wildman–Crippen MR) is 130 cm³/mol. The van der Waals surface area contributed by atoms with Gasteiger partial charge in [-0.3, -0.25) is 4.79 Å². The number of carboxylic acid groups (broad SMARTS) is 1. The van der Waals surface area contributed by atoms with E-state index in [1.807, 2.05) is 6.07 Å². The second-order valence-corrected chi connectivity index (χ2v) is 11.6. The van der Waals surface area contributed by atoms with Gasteiger partial charge in [-0.2, -0.15) is 5.26 Å². The fourth-order valence-corrected chi connectivity index (χ4v) is 8.13. The van der Waals surface area contributed by atoms with E-state index in [4.69, 9.17) is 10.00 Å². The molecule has 4 aliphatic carbocycles. The molecular weight excluding hydrogens is 496 g/mol. The number of halogens is 2. The number of aliphatic hydroxyl groups excluding tert-OH is 1. The van der Waals surface area contributed by atoms with Gasteiger partial charge < -0.3 is 14.9 Å². The van der Waals surface area contributed by atoms with Gasteiger partial charge in [-0.15, -0.1) is 0 Å². The average molecular weight is 526 g/mol. The summed E-state index contributed by atoms with van der Waals surface area (Å²) in [5.74, 6) is -5.40. The number of hydrogen-bond acceptors (Lipinski definition) is 6. The third-order valence-corrected chi connectivity index (χ3v) is 9.99. The van der Waals surface area contributed by atoms with Crippen molar-refractivity contribution in [3.63, 3.8) is 0 Å². The van der Waals surface area contributed by atoms with Crippen LogP contribution in [0.15, 0.2) is 48.1 Å². The SMILES string of the molecule is C[C@@H]1C[C@H]2[C@@H]3C[C@H](F)C4=CC(=O)C=C[C@]4(C)[C@@]3(F)[C@@H](O)C[C@]2(C)[C@@]1(OC(=O)c1ccc(C#N)cc1)C(=O)O. The summed E-state index contributed by atoms with van der Waals surface area (Å²) in [4.78, 5) is 38.2. The van der Waals surface area contributed by atoms with Gasteiger partial charge in [0, 0.05) is 22.7 Å². The number of aliphatic hydroxyl groups is 1. The van der Waals surface area contributed by atoms with Crippen LogP contribution < -0.4 is 0 Å². The van der Waals surface area contributed by atoms with E-state index in [0.29, 0.717) is 5.56 Å². The summed E-state index contributed by atoms with van der Waals surface area (Å²) in [5.41, 5.74) is -7.17. The summed E-state index contributed by atoms with van der Waals surface area (Å²) in [6.45, 7) is 4.66. The van der Waals surface area contributed by atoms with Crippen molar-refractivity contribution in [2.75, 3.05) is 0 Å². The van der Waals surface area contributed by atoms with Crippen LogP contribution >= 0.6 is 0 Å². The first-order valence-electron chi connectivity index (χ1n) is 12.7. The number of esters is 1. The highest BCUT2D eigenvalue weighted by molar-refractivity contribution is 6.01. The molecule has 0 heterocycles. The van der Waals surface area contributed by atoms with Crippen LogP contribution in [0.1, 0.15) is 56.0 Å². The van der Waals surface area contributed by atoms with Gasteiger partial charge in [-0.05, 0) is 74.1 Å². The lowest BCUT2D eigenvalue weighted by Gasteiger charge is -2.62. The molecule has 7 nitrogen and oxygen atoms in total. The number of fused-ring (bicyclic) bond motifs is 5. The van der Waals surface area contributed by atoms with Gasteiger partial charge in [0.2, 0.25) is 5.60 Å². The van der Waals surface area contributed by atoms with Crippen LogP contribution in [0.25, 0.3) is 0 Å². The number of ketones is 1. The number of carbonyl (C=O) groups excluding carboxylic acids is 2. The number of nitriles is 1. The van der Waals surface area contributed by atoms with Crippen LogP contribution in [0, 0.1) is 39.9 Å². The van der Waals surface area contributed by atoms with Crippen LogP contribution in [0.5, 0.6) is 0 Å². The molecular formula is C29H29F2NO6. The molecule has 3 fully saturated rings. The first-order chi connectivity index (χ1) is 17.8. The summed E-state index contributed by atoms with van der Waals surface area (Å²) < 4.78 is 38.7. The Bertz CT molecular complexity index is 1330. The normalized spacial score (nSPS) is 43.2. The zero-order valence-corrected chi connectivity index (χ0v) is 21.3. The number of allylic oxidation sites excluding steroid dienone is 4. The highest BCUT2D eigenvalue weighted by atomic mass is 19.1. The number of carbonyl (C=O) groups is 3. The first-order valence-corrected chi connectivity index (χ1v) is 12.7. The van der Waals surface area contributed by atoms with Gasteiger partial charge in [-0.25, -0.2) is 18.4 Å². The van der Waals surface area contributed by atoms with Crippen molar-refractivity contribution in [2.45, 2.75) is 63.6 Å². The highest BCUT2D eigenvalue weighted by Crippen LogP contribution is 2.71. The number of carboxylic acids is 1. The molecule has 0 aromatic heterocycles. The van der Waals surface area contributed by atoms with Crippen LogP contribution in [0.2, 0.25) is 0 Å². The quantitative estimate of drug-likeness (QED) is 0.569. The Morgan fingerprint density at radius 1 is 1.16 bits per heavy atom. The van der Waals surface area contributed by atoms with Gasteiger partial charge in [0.1, 0.15) is 6.17 Å². The highest BCUT2D eigenvalue weighted by Gasteiger charge is 2.78. The largest absolute Gasteiger partial charge is 0.478 e. The van der Waals surface area contributed by atoms with Crippen LogP contribution in [0.3, 0.4) is 0 Å². The van der Waals surface area contributed by atoms with Gasteiger partial charge >= 0.3 is 11.9 Å². The van der Waals surface area contributed by atoms with Crippen LogP contribution in [-0.2, 0) is 14.3 Å². The van der Waals surface area contributed by atoms with E-state index in [1.165, 1.54) is 43.3 Å². The fourth-order valence-electron chi connectivity index (χ4n) is 8.13. The van der Waals surface area contributed by atoms with Crippen LogP contribution in [0.4, 0.5) is 8.78 Å². The van der Waals surface area contributed by atoms with Crippen molar-refractivity contribution in [3.8, 4) is 6.07 Å². The van der Waals surface area contributed by atoms with E-state index in [2.05, 4.69) is 0 Å². The Balaban J connectivity index is 1.59. The Morgan fingerprint density at radius 3 is 2.42 bits per heavy atom. The number of rotatable bonds is 3. The molecule has 9 atom stereocenters. The van der Waals surface area contributed by atoms with E-state index < -0.39 is 69.9 Å². The number of benzene rings is 1. The van der Waals surface area contributed by atoms with E-state index in [9.17, 15) is 24.6 Å². The van der Waals surface area contributed by atoms with E-state index >= 15 is 8.78 Å². The third-order valence-electron chi connectivity index (χ3n) is 9.99. The number of hydrogen-bond donors (Lipinski definition) is 2. The zero-order chi connectivity index (χ0) is 27.8. The van der Waals surface area contributed by atoms with E-state index in [1.54, 1.807) is 13.8 Å². The maximum absolute atomic E-state index is 17.3. The molecule has 0 aliphatic heterocycles. The average Bonchev–Trinajstić information content (AvgIpc) is 3.09. The molecule has 200 valence electrons. The van der Waals surface area contributed by atoms with Crippen molar-refractivity contribution in [1.82, 2.24) is 0 Å². The molecule has 38 heavy (non-hydrogen) atoms. The van der Waals surface area contributed by atoms with Crippen molar-refractivity contribution in [2.24, 2.45) is 28.6 Å². The Hall–Kier alpha value is -3.38. The minimum absolute atomic E-state index is 0.0193. The fraction of sp³-hybridized carbons (Fsp3) is 0.517. The lowest BCUT2D eigenvalue weighted by atomic mass is 9.44. The van der Waals surface area contributed by atoms with Gasteiger partial charge in [0.05, 0.1) is 23.3 Å². The topological polar surface area (TPSA) is 125 Å². The Labute approximate surface area is 218 Å². The Morgan fingerprint density at radius 2 is 1.82 bits per heavy atom. The summed E-state index contributed by atoms with van der Waals surface area (Å²) in [6, 6.07) is 7.48. The van der Waals surface area contributed by atoms with Gasteiger partial charge in [0.15, 0.2) is 11.5 Å². The molecule has 0 amide bonds. The molecule has 9 heteroatoms. The van der Waals surface area contributed by atoms with Crippen molar-refractivity contribution < 1.29 is 38.1 Å². The van der Waals surface area contributed by atoms with Crippen molar-refractivity contribution in [3.05, 3.63) is 59.2 Å². The molecule has 2 N–H and O–H groups in total. The molecule has 5 rings (SSSR count). The summed E-state index contributed by atoms with van der Waals surface area (Å²) >= 11 is 0. The number of ether oxygens (including phenoxy) is 1. The van der Waals surface area contributed by atoms with Crippen LogP contribution in [-0.4, -0.2) is 51.5 Å². The summed E-state index contributed by atoms with van der Waals surface area (Å²) in [6.07, 6.45) is -0.315. The van der Waals surface area contributed by atoms with Gasteiger partial charge in [0.25, 0.3) is 0 Å². The lowest BCUT2D eigenvalue weighted by Crippen LogP contribution is -2.71. The number of nitrogens with zero attached hydrogens (tertiary/aromatic N) is 1. The Kier molecular flexibility index (Phi) is 5.74. The summed E-state index contributed by atoms with van der Waals surface area (Å²) in [5, 5.41) is 31.0. The maximum atomic E-state index is 17.3. The monoisotopic (exact) mass is 525 g/mol. The van der Waals surface area contributed by atoms with E-state index in [-0.39, 0.29) is 30.4 Å². The molecule has 0 unspecified atom stereocenters. The second kappa shape index (κ2) is 8.31. The molecule has 0 radical (unpaired) electrons. The van der Waals surface area contributed by atoms with Crippen molar-refractivity contribution >= 4 is 17.7 Å². The summed E-state index contributed by atoms with van der Waals surface area (Å²) in [7, 11) is 0. The predicted octanol–water partition coefficient (Wildman–Crippen LogP) is 4.10. The minimum atomic E-state index is -2.37. The molecule has 0 saturated heterocycles. The smallest absolute Gasteiger partial charge is 0.349 e. The number of alkyl halides is 2. The zero-order valence-electron chi connectivity index (χ0n) is 21.3. The van der Waals surface area contributed by atoms with Crippen molar-refractivity contribution in [1.29, 1.82) is 5.26 Å². The molecule has 4 aliphatic rings. The standard InChI is InChI=1S/C29H29F2NO6/c1-15-10-19-20-12-22(30)21-11-18(33)8-9-26(21,2)28(20,31)23(34)13-27(19,3)29(15,25(36)37)38-24(35)17-6-4-16(14-32)5-7-17/h4-9,11,15,19-20,22-23,34H,10,12-13H2,1-3H3,(H,36,37)/t15-,19+,20+,22+,23+,26+,27+,28+,29+/m1/s1. The second-order valence-electron chi connectivity index (χ2n) is 11.6. The third kappa shape index (κ3) is 3.10. The molecule has 1 aromatic carbocycles. The molecule has 0 spiro atoms. The first kappa shape index (κ1) is 26.2. The molecule has 1 aromatic rings. The minimum Gasteiger partial charge on any atom is -0.478 e.